The van der Waals surface area contributed by atoms with Crippen LogP contribution in [-0.2, 0) is 6.54 Å². The average Bonchev–Trinajstić information content (AvgIpc) is 2.93. The van der Waals surface area contributed by atoms with Gasteiger partial charge >= 0.3 is 6.03 Å². The smallest absolute Gasteiger partial charge is 0.317 e. The number of fused-ring (bicyclic) bond motifs is 1. The predicted molar refractivity (Wildman–Crippen MR) is 74.2 cm³/mol. The Morgan fingerprint density at radius 3 is 3.00 bits per heavy atom. The molecule has 0 spiro atoms. The highest BCUT2D eigenvalue weighted by Gasteiger charge is 2.12. The van der Waals surface area contributed by atoms with Gasteiger partial charge in [-0.3, -0.25) is 0 Å². The maximum absolute atomic E-state index is 12.0. The minimum atomic E-state index is -0.182. The van der Waals surface area contributed by atoms with Crippen molar-refractivity contribution in [1.82, 2.24) is 24.8 Å². The van der Waals surface area contributed by atoms with E-state index in [4.69, 9.17) is 5.11 Å². The Morgan fingerprint density at radius 1 is 1.40 bits per heavy atom. The molecule has 0 radical (unpaired) electrons. The largest absolute Gasteiger partial charge is 0.395 e. The van der Waals surface area contributed by atoms with Crippen molar-refractivity contribution in [3.63, 3.8) is 0 Å². The van der Waals surface area contributed by atoms with Crippen LogP contribution >= 0.6 is 0 Å². The number of aromatic nitrogens is 3. The van der Waals surface area contributed by atoms with Gasteiger partial charge in [0.1, 0.15) is 0 Å². The van der Waals surface area contributed by atoms with Crippen LogP contribution in [0.5, 0.6) is 0 Å². The van der Waals surface area contributed by atoms with Gasteiger partial charge in [0, 0.05) is 25.4 Å². The molecule has 0 aliphatic carbocycles. The molecule has 7 heteroatoms. The number of aliphatic hydroxyl groups excluding tert-OH is 1. The highest BCUT2D eigenvalue weighted by molar-refractivity contribution is 5.74. The summed E-state index contributed by atoms with van der Waals surface area (Å²) in [6.45, 7) is 3.29. The normalized spacial score (nSPS) is 10.7. The van der Waals surface area contributed by atoms with Crippen LogP contribution in [0.4, 0.5) is 4.79 Å². The molecule has 0 aliphatic rings. The van der Waals surface area contributed by atoms with Gasteiger partial charge in [0.05, 0.1) is 25.0 Å². The zero-order chi connectivity index (χ0) is 14.4. The van der Waals surface area contributed by atoms with Crippen LogP contribution in [0.1, 0.15) is 19.0 Å². The number of rotatable bonds is 6. The number of nitrogens with one attached hydrogen (secondary N) is 1. The third kappa shape index (κ3) is 3.24. The second-order valence-electron chi connectivity index (χ2n) is 4.41. The van der Waals surface area contributed by atoms with Gasteiger partial charge in [-0.25, -0.2) is 14.3 Å². The summed E-state index contributed by atoms with van der Waals surface area (Å²) in [4.78, 5) is 17.8. The van der Waals surface area contributed by atoms with E-state index in [-0.39, 0.29) is 12.6 Å². The fourth-order valence-electron chi connectivity index (χ4n) is 2.00. The molecule has 0 unspecified atom stereocenters. The highest BCUT2D eigenvalue weighted by Crippen LogP contribution is 2.03. The van der Waals surface area contributed by atoms with Gasteiger partial charge in [0.2, 0.25) is 0 Å². The first-order valence-electron chi connectivity index (χ1n) is 6.67. The average molecular weight is 277 g/mol. The number of carbonyl (C=O) groups excluding carboxylic acids is 1. The van der Waals surface area contributed by atoms with Crippen molar-refractivity contribution < 1.29 is 9.90 Å². The van der Waals surface area contributed by atoms with E-state index in [0.717, 1.165) is 17.8 Å². The van der Waals surface area contributed by atoms with Gasteiger partial charge in [-0.05, 0) is 12.5 Å². The SMILES string of the molecule is CCCN(CCO)C(=O)NCc1ccnc2ccnn12. The maximum Gasteiger partial charge on any atom is 0.317 e. The molecule has 2 aromatic rings. The first kappa shape index (κ1) is 14.3. The van der Waals surface area contributed by atoms with E-state index in [2.05, 4.69) is 15.4 Å². The third-order valence-electron chi connectivity index (χ3n) is 2.94. The molecule has 0 saturated heterocycles. The molecule has 0 aliphatic heterocycles. The Hall–Kier alpha value is -2.15. The summed E-state index contributed by atoms with van der Waals surface area (Å²) in [5.41, 5.74) is 1.60. The van der Waals surface area contributed by atoms with E-state index in [0.29, 0.717) is 19.6 Å². The molecule has 0 bridgehead atoms. The van der Waals surface area contributed by atoms with Gasteiger partial charge in [-0.2, -0.15) is 5.10 Å². The number of hydrogen-bond donors (Lipinski definition) is 2. The monoisotopic (exact) mass is 277 g/mol. The molecule has 0 aromatic carbocycles. The summed E-state index contributed by atoms with van der Waals surface area (Å²) in [7, 11) is 0. The molecule has 0 saturated carbocycles. The van der Waals surface area contributed by atoms with Crippen LogP contribution in [0.3, 0.4) is 0 Å². The number of carbonyl (C=O) groups is 1. The molecule has 2 amide bonds. The lowest BCUT2D eigenvalue weighted by atomic mass is 10.4. The molecular weight excluding hydrogens is 258 g/mol. The van der Waals surface area contributed by atoms with Crippen LogP contribution in [-0.4, -0.2) is 50.3 Å². The number of amides is 2. The predicted octanol–water partition coefficient (Wildman–Crippen LogP) is 0.643. The standard InChI is InChI=1S/C13H19N5O2/c1-2-7-17(8-9-19)13(20)15-10-11-3-5-14-12-4-6-16-18(11)12/h3-6,19H,2,7-10H2,1H3,(H,15,20). The van der Waals surface area contributed by atoms with E-state index in [1.165, 1.54) is 0 Å². The summed E-state index contributed by atoms with van der Waals surface area (Å²) in [6, 6.07) is 3.44. The van der Waals surface area contributed by atoms with Crippen LogP contribution in [0, 0.1) is 0 Å². The number of hydrogen-bond acceptors (Lipinski definition) is 4. The second kappa shape index (κ2) is 6.85. The topological polar surface area (TPSA) is 82.8 Å². The molecule has 2 rings (SSSR count). The van der Waals surface area contributed by atoms with Gasteiger partial charge in [0.15, 0.2) is 5.65 Å². The van der Waals surface area contributed by atoms with Crippen molar-refractivity contribution in [1.29, 1.82) is 0 Å². The van der Waals surface area contributed by atoms with Gasteiger partial charge in [-0.15, -0.1) is 0 Å². The summed E-state index contributed by atoms with van der Waals surface area (Å²) in [5, 5.41) is 16.0. The molecule has 0 atom stereocenters. The lowest BCUT2D eigenvalue weighted by Gasteiger charge is -2.21. The van der Waals surface area contributed by atoms with Crippen molar-refractivity contribution in [2.24, 2.45) is 0 Å². The molecule has 2 N–H and O–H groups in total. The van der Waals surface area contributed by atoms with Crippen LogP contribution in [0.2, 0.25) is 0 Å². The molecule has 2 aromatic heterocycles. The molecule has 108 valence electrons. The van der Waals surface area contributed by atoms with Crippen LogP contribution in [0.15, 0.2) is 24.5 Å². The molecule has 7 nitrogen and oxygen atoms in total. The highest BCUT2D eigenvalue weighted by atomic mass is 16.3. The number of nitrogens with zero attached hydrogens (tertiary/aromatic N) is 4. The number of aliphatic hydroxyl groups is 1. The maximum atomic E-state index is 12.0. The minimum Gasteiger partial charge on any atom is -0.395 e. The Labute approximate surface area is 117 Å². The van der Waals surface area contributed by atoms with Crippen molar-refractivity contribution >= 4 is 11.7 Å². The van der Waals surface area contributed by atoms with E-state index >= 15 is 0 Å². The van der Waals surface area contributed by atoms with Crippen LogP contribution in [0.25, 0.3) is 5.65 Å². The summed E-state index contributed by atoms with van der Waals surface area (Å²) >= 11 is 0. The zero-order valence-corrected chi connectivity index (χ0v) is 11.5. The summed E-state index contributed by atoms with van der Waals surface area (Å²) in [5.74, 6) is 0. The molecule has 0 fully saturated rings. The summed E-state index contributed by atoms with van der Waals surface area (Å²) < 4.78 is 1.69. The quantitative estimate of drug-likeness (QED) is 0.812. The Balaban J connectivity index is 2.00. The Bertz CT molecular complexity index is 563. The van der Waals surface area contributed by atoms with E-state index in [9.17, 15) is 4.79 Å². The molecule has 2 heterocycles. The van der Waals surface area contributed by atoms with Crippen LogP contribution < -0.4 is 5.32 Å². The van der Waals surface area contributed by atoms with E-state index < -0.39 is 0 Å². The van der Waals surface area contributed by atoms with Crippen molar-refractivity contribution in [3.05, 3.63) is 30.2 Å². The minimum absolute atomic E-state index is 0.0356. The zero-order valence-electron chi connectivity index (χ0n) is 11.5. The fraction of sp³-hybridized carbons (Fsp3) is 0.462. The van der Waals surface area contributed by atoms with Crippen molar-refractivity contribution in [2.75, 3.05) is 19.7 Å². The second-order valence-corrected chi connectivity index (χ2v) is 4.41. The van der Waals surface area contributed by atoms with E-state index in [1.807, 2.05) is 13.0 Å². The lowest BCUT2D eigenvalue weighted by molar-refractivity contribution is 0.177. The number of urea groups is 1. The summed E-state index contributed by atoms with van der Waals surface area (Å²) in [6.07, 6.45) is 4.21. The first-order valence-corrected chi connectivity index (χ1v) is 6.67. The van der Waals surface area contributed by atoms with Gasteiger partial charge in [0.25, 0.3) is 0 Å². The van der Waals surface area contributed by atoms with Crippen molar-refractivity contribution in [3.8, 4) is 0 Å². The van der Waals surface area contributed by atoms with Gasteiger partial charge < -0.3 is 15.3 Å². The Kier molecular flexibility index (Phi) is 4.89. The van der Waals surface area contributed by atoms with Gasteiger partial charge in [-0.1, -0.05) is 6.92 Å². The molecular formula is C13H19N5O2. The van der Waals surface area contributed by atoms with E-state index in [1.54, 1.807) is 27.9 Å². The third-order valence-corrected chi connectivity index (χ3v) is 2.94. The fourth-order valence-corrected chi connectivity index (χ4v) is 2.00. The van der Waals surface area contributed by atoms with Crippen molar-refractivity contribution in [2.45, 2.75) is 19.9 Å². The lowest BCUT2D eigenvalue weighted by Crippen LogP contribution is -2.41. The Morgan fingerprint density at radius 2 is 2.25 bits per heavy atom. The molecule has 20 heavy (non-hydrogen) atoms. The first-order chi connectivity index (χ1) is 9.76.